The first-order valence-corrected chi connectivity index (χ1v) is 6.91. The molecule has 0 aliphatic heterocycles. The van der Waals surface area contributed by atoms with Crippen LogP contribution in [0.15, 0.2) is 34.1 Å². The van der Waals surface area contributed by atoms with Crippen molar-refractivity contribution in [1.82, 2.24) is 0 Å². The fourth-order valence-corrected chi connectivity index (χ4v) is 3.15. The molecule has 92 valence electrons. The number of rotatable bonds is 3. The van der Waals surface area contributed by atoms with Crippen LogP contribution in [0.1, 0.15) is 10.4 Å². The zero-order chi connectivity index (χ0) is 13.1. The predicted molar refractivity (Wildman–Crippen MR) is 75.2 cm³/mol. The van der Waals surface area contributed by atoms with Gasteiger partial charge in [0.05, 0.1) is 23.9 Å². The van der Waals surface area contributed by atoms with Crippen molar-refractivity contribution >= 4 is 33.0 Å². The molecule has 1 heterocycles. The molecule has 2 nitrogen and oxygen atoms in total. The summed E-state index contributed by atoms with van der Waals surface area (Å²) in [6, 6.07) is 8.46. The summed E-state index contributed by atoms with van der Waals surface area (Å²) in [5, 5.41) is 10.7. The van der Waals surface area contributed by atoms with Crippen molar-refractivity contribution in [2.24, 2.45) is 0 Å². The summed E-state index contributed by atoms with van der Waals surface area (Å²) >= 11 is 5.02. The van der Waals surface area contributed by atoms with E-state index >= 15 is 0 Å². The Hall–Kier alpha value is -1.38. The van der Waals surface area contributed by atoms with Crippen molar-refractivity contribution in [3.8, 4) is 6.07 Å². The van der Waals surface area contributed by atoms with Crippen LogP contribution in [0.2, 0.25) is 0 Å². The van der Waals surface area contributed by atoms with Crippen LogP contribution in [0, 0.1) is 17.1 Å². The van der Waals surface area contributed by atoms with Crippen molar-refractivity contribution in [2.45, 2.75) is 6.54 Å². The van der Waals surface area contributed by atoms with Gasteiger partial charge in [0.1, 0.15) is 5.82 Å². The number of hydrogen-bond donors (Lipinski definition) is 0. The number of hydrogen-bond acceptors (Lipinski definition) is 3. The van der Waals surface area contributed by atoms with E-state index in [-0.39, 0.29) is 5.82 Å². The lowest BCUT2D eigenvalue weighted by molar-refractivity contribution is 0.622. The summed E-state index contributed by atoms with van der Waals surface area (Å²) in [7, 11) is 1.83. The number of halogens is 2. The molecule has 1 aromatic heterocycles. The monoisotopic (exact) mass is 324 g/mol. The van der Waals surface area contributed by atoms with Gasteiger partial charge in [0.25, 0.3) is 0 Å². The van der Waals surface area contributed by atoms with Crippen LogP contribution in [0.4, 0.5) is 10.1 Å². The molecule has 0 unspecified atom stereocenters. The molecule has 2 rings (SSSR count). The summed E-state index contributed by atoms with van der Waals surface area (Å²) in [6.07, 6.45) is 0. The maximum atomic E-state index is 13.8. The van der Waals surface area contributed by atoms with Crippen molar-refractivity contribution in [2.75, 3.05) is 11.9 Å². The SMILES string of the molecule is CN(Cc1cc(Br)cs1)c1ccc(C#N)cc1F. The lowest BCUT2D eigenvalue weighted by Crippen LogP contribution is -2.16. The topological polar surface area (TPSA) is 27.0 Å². The molecule has 0 saturated heterocycles. The van der Waals surface area contributed by atoms with Gasteiger partial charge in [-0.25, -0.2) is 4.39 Å². The average molecular weight is 325 g/mol. The maximum absolute atomic E-state index is 13.8. The standard InChI is InChI=1S/C13H10BrFN2S/c1-17(7-11-5-10(14)8-18-11)13-3-2-9(6-16)4-12(13)15/h2-5,8H,7H2,1H3. The summed E-state index contributed by atoms with van der Waals surface area (Å²) in [5.74, 6) is -0.368. The summed E-state index contributed by atoms with van der Waals surface area (Å²) < 4.78 is 14.8. The third kappa shape index (κ3) is 2.89. The van der Waals surface area contributed by atoms with Gasteiger partial charge in [0.2, 0.25) is 0 Å². The summed E-state index contributed by atoms with van der Waals surface area (Å²) in [4.78, 5) is 2.97. The van der Waals surface area contributed by atoms with E-state index in [1.807, 2.05) is 29.5 Å². The van der Waals surface area contributed by atoms with Gasteiger partial charge in [-0.2, -0.15) is 5.26 Å². The number of nitrogens with zero attached hydrogens (tertiary/aromatic N) is 2. The van der Waals surface area contributed by atoms with E-state index in [1.165, 1.54) is 6.07 Å². The van der Waals surface area contributed by atoms with Gasteiger partial charge in [0, 0.05) is 21.8 Å². The van der Waals surface area contributed by atoms with Gasteiger partial charge in [-0.3, -0.25) is 0 Å². The zero-order valence-electron chi connectivity index (χ0n) is 9.65. The Morgan fingerprint density at radius 1 is 1.44 bits per heavy atom. The Morgan fingerprint density at radius 2 is 2.22 bits per heavy atom. The lowest BCUT2D eigenvalue weighted by atomic mass is 10.2. The molecule has 0 bridgehead atoms. The molecule has 0 amide bonds. The van der Waals surface area contributed by atoms with Crippen LogP contribution in [-0.2, 0) is 6.54 Å². The highest BCUT2D eigenvalue weighted by atomic mass is 79.9. The molecule has 18 heavy (non-hydrogen) atoms. The Kier molecular flexibility index (Phi) is 4.00. The van der Waals surface area contributed by atoms with Crippen LogP contribution < -0.4 is 4.90 Å². The van der Waals surface area contributed by atoms with E-state index in [9.17, 15) is 4.39 Å². The Balaban J connectivity index is 2.19. The van der Waals surface area contributed by atoms with E-state index in [0.717, 1.165) is 9.35 Å². The van der Waals surface area contributed by atoms with Gasteiger partial charge in [-0.15, -0.1) is 11.3 Å². The Morgan fingerprint density at radius 3 is 2.78 bits per heavy atom. The average Bonchev–Trinajstić information content (AvgIpc) is 2.74. The number of thiophene rings is 1. The first kappa shape index (κ1) is 13.1. The quantitative estimate of drug-likeness (QED) is 0.847. The van der Waals surface area contributed by atoms with E-state index in [2.05, 4.69) is 15.9 Å². The highest BCUT2D eigenvalue weighted by Gasteiger charge is 2.10. The fourth-order valence-electron chi connectivity index (χ4n) is 1.64. The smallest absolute Gasteiger partial charge is 0.147 e. The first-order valence-electron chi connectivity index (χ1n) is 5.24. The Labute approximate surface area is 117 Å². The highest BCUT2D eigenvalue weighted by molar-refractivity contribution is 9.10. The van der Waals surface area contributed by atoms with Crippen LogP contribution in [0.5, 0.6) is 0 Å². The molecule has 0 saturated carbocycles. The molecule has 0 aliphatic carbocycles. The normalized spacial score (nSPS) is 10.1. The van der Waals surface area contributed by atoms with E-state index in [0.29, 0.717) is 17.8 Å². The third-order valence-corrected chi connectivity index (χ3v) is 4.19. The Bertz CT molecular complexity index is 603. The number of benzene rings is 1. The molecular formula is C13H10BrFN2S. The lowest BCUT2D eigenvalue weighted by Gasteiger charge is -2.19. The van der Waals surface area contributed by atoms with Gasteiger partial charge in [-0.05, 0) is 40.2 Å². The van der Waals surface area contributed by atoms with Gasteiger partial charge >= 0.3 is 0 Å². The zero-order valence-corrected chi connectivity index (χ0v) is 12.1. The third-order valence-electron chi connectivity index (χ3n) is 2.50. The van der Waals surface area contributed by atoms with Gasteiger partial charge in [-0.1, -0.05) is 0 Å². The minimum Gasteiger partial charge on any atom is -0.367 e. The second kappa shape index (κ2) is 5.51. The van der Waals surface area contributed by atoms with Crippen LogP contribution in [0.3, 0.4) is 0 Å². The van der Waals surface area contributed by atoms with Crippen LogP contribution in [0.25, 0.3) is 0 Å². The van der Waals surface area contributed by atoms with Crippen molar-refractivity contribution in [3.05, 3.63) is 50.4 Å². The highest BCUT2D eigenvalue weighted by Crippen LogP contribution is 2.25. The molecule has 0 aliphatic rings. The molecule has 0 radical (unpaired) electrons. The van der Waals surface area contributed by atoms with Gasteiger partial charge < -0.3 is 4.90 Å². The van der Waals surface area contributed by atoms with Crippen molar-refractivity contribution < 1.29 is 4.39 Å². The molecule has 1 aromatic carbocycles. The molecule has 0 atom stereocenters. The molecule has 5 heteroatoms. The van der Waals surface area contributed by atoms with E-state index in [4.69, 9.17) is 5.26 Å². The van der Waals surface area contributed by atoms with E-state index in [1.54, 1.807) is 23.5 Å². The molecule has 0 N–H and O–H groups in total. The van der Waals surface area contributed by atoms with Crippen LogP contribution >= 0.6 is 27.3 Å². The molecular weight excluding hydrogens is 315 g/mol. The second-order valence-electron chi connectivity index (χ2n) is 3.87. The van der Waals surface area contributed by atoms with Crippen molar-refractivity contribution in [1.29, 1.82) is 5.26 Å². The first-order chi connectivity index (χ1) is 8.60. The van der Waals surface area contributed by atoms with Gasteiger partial charge in [0.15, 0.2) is 0 Å². The number of nitriles is 1. The summed E-state index contributed by atoms with van der Waals surface area (Å²) in [5.41, 5.74) is 0.835. The molecule has 2 aromatic rings. The molecule has 0 fully saturated rings. The minimum atomic E-state index is -0.368. The fraction of sp³-hybridized carbons (Fsp3) is 0.154. The van der Waals surface area contributed by atoms with Crippen LogP contribution in [-0.4, -0.2) is 7.05 Å². The number of anilines is 1. The minimum absolute atomic E-state index is 0.337. The summed E-state index contributed by atoms with van der Waals surface area (Å²) in [6.45, 7) is 0.638. The molecule has 0 spiro atoms. The van der Waals surface area contributed by atoms with E-state index < -0.39 is 0 Å². The second-order valence-corrected chi connectivity index (χ2v) is 5.78. The largest absolute Gasteiger partial charge is 0.367 e. The predicted octanol–water partition coefficient (Wildman–Crippen LogP) is 4.16. The maximum Gasteiger partial charge on any atom is 0.147 e. The van der Waals surface area contributed by atoms with Crippen molar-refractivity contribution in [3.63, 3.8) is 0 Å².